The molecule has 0 bridgehead atoms. The molecule has 1 aromatic carbocycles. The summed E-state index contributed by atoms with van der Waals surface area (Å²) in [5.41, 5.74) is 2.53. The summed E-state index contributed by atoms with van der Waals surface area (Å²) >= 11 is 0. The van der Waals surface area contributed by atoms with E-state index in [2.05, 4.69) is 5.10 Å². The number of hydrogen-bond donors (Lipinski definition) is 0. The van der Waals surface area contributed by atoms with Crippen molar-refractivity contribution >= 4 is 17.6 Å². The van der Waals surface area contributed by atoms with Gasteiger partial charge in [-0.1, -0.05) is 12.1 Å². The molecule has 1 aromatic heterocycles. The highest BCUT2D eigenvalue weighted by Gasteiger charge is 2.33. The molecule has 29 heavy (non-hydrogen) atoms. The normalized spacial score (nSPS) is 14.0. The Kier molecular flexibility index (Phi) is 6.18. The Balaban J connectivity index is 1.97. The standard InChI is InChI=1S/C20H23N3O6/c1-13-14(9-22(2)21-13)10-29-17-8-6-5-7-16(17)23-12-28-11-15(19(24)26-3)18(23)20(25)27-4/h5-9H,10-12H2,1-4H3. The quantitative estimate of drug-likeness (QED) is 0.676. The Bertz CT molecular complexity index is 949. The second kappa shape index (κ2) is 8.78. The topological polar surface area (TPSA) is 92.1 Å². The molecule has 9 heteroatoms. The molecule has 0 spiro atoms. The van der Waals surface area contributed by atoms with Crippen LogP contribution >= 0.6 is 0 Å². The Hall–Kier alpha value is -3.33. The third-order valence-electron chi connectivity index (χ3n) is 4.49. The Morgan fingerprint density at radius 1 is 1.17 bits per heavy atom. The molecule has 0 saturated carbocycles. The van der Waals surface area contributed by atoms with Crippen LogP contribution in [0.5, 0.6) is 5.75 Å². The SMILES string of the molecule is COC(=O)C1=C(C(=O)OC)N(c2ccccc2OCc2cn(C)nc2C)COC1. The van der Waals surface area contributed by atoms with E-state index in [9.17, 15) is 9.59 Å². The highest BCUT2D eigenvalue weighted by Crippen LogP contribution is 2.34. The highest BCUT2D eigenvalue weighted by atomic mass is 16.5. The van der Waals surface area contributed by atoms with Crippen molar-refractivity contribution in [3.8, 4) is 5.75 Å². The average Bonchev–Trinajstić information content (AvgIpc) is 3.07. The van der Waals surface area contributed by atoms with Gasteiger partial charge in [-0.2, -0.15) is 5.10 Å². The van der Waals surface area contributed by atoms with E-state index in [-0.39, 0.29) is 24.6 Å². The van der Waals surface area contributed by atoms with Crippen molar-refractivity contribution in [1.29, 1.82) is 0 Å². The summed E-state index contributed by atoms with van der Waals surface area (Å²) in [5, 5.41) is 4.31. The van der Waals surface area contributed by atoms with Gasteiger partial charge in [0.1, 0.15) is 24.8 Å². The first-order valence-electron chi connectivity index (χ1n) is 8.92. The van der Waals surface area contributed by atoms with Gasteiger partial charge in [0.15, 0.2) is 0 Å². The Morgan fingerprint density at radius 2 is 1.90 bits per heavy atom. The number of hydrogen-bond acceptors (Lipinski definition) is 8. The van der Waals surface area contributed by atoms with Crippen LogP contribution in [0.4, 0.5) is 5.69 Å². The minimum absolute atomic E-state index is 0.0501. The molecule has 154 valence electrons. The van der Waals surface area contributed by atoms with Crippen LogP contribution in [-0.2, 0) is 37.5 Å². The fraction of sp³-hybridized carbons (Fsp3) is 0.350. The predicted octanol–water partition coefficient (Wildman–Crippen LogP) is 1.70. The smallest absolute Gasteiger partial charge is 0.355 e. The highest BCUT2D eigenvalue weighted by molar-refractivity contribution is 6.03. The number of aryl methyl sites for hydroxylation is 2. The molecule has 0 unspecified atom stereocenters. The van der Waals surface area contributed by atoms with Crippen LogP contribution in [0.25, 0.3) is 0 Å². The number of aromatic nitrogens is 2. The second-order valence-corrected chi connectivity index (χ2v) is 6.39. The summed E-state index contributed by atoms with van der Waals surface area (Å²) in [7, 11) is 4.35. The lowest BCUT2D eigenvalue weighted by molar-refractivity contribution is -0.140. The van der Waals surface area contributed by atoms with Gasteiger partial charge in [-0.05, 0) is 19.1 Å². The lowest BCUT2D eigenvalue weighted by Gasteiger charge is -2.32. The van der Waals surface area contributed by atoms with Crippen LogP contribution in [0.15, 0.2) is 41.7 Å². The van der Waals surface area contributed by atoms with Crippen LogP contribution in [0.2, 0.25) is 0 Å². The van der Waals surface area contributed by atoms with Gasteiger partial charge in [0.05, 0.1) is 37.8 Å². The molecule has 0 amide bonds. The van der Waals surface area contributed by atoms with Crippen molar-refractivity contribution in [1.82, 2.24) is 9.78 Å². The number of para-hydroxylation sites is 2. The van der Waals surface area contributed by atoms with Crippen LogP contribution in [0.1, 0.15) is 11.3 Å². The number of benzene rings is 1. The molecular weight excluding hydrogens is 378 g/mol. The molecule has 0 atom stereocenters. The van der Waals surface area contributed by atoms with Crippen molar-refractivity contribution in [2.45, 2.75) is 13.5 Å². The molecule has 0 N–H and O–H groups in total. The monoisotopic (exact) mass is 401 g/mol. The lowest BCUT2D eigenvalue weighted by Crippen LogP contribution is -2.39. The number of carbonyl (C=O) groups excluding carboxylic acids is 2. The molecule has 2 aromatic rings. The van der Waals surface area contributed by atoms with Crippen LogP contribution in [-0.4, -0.2) is 49.3 Å². The number of ether oxygens (including phenoxy) is 4. The molecule has 2 heterocycles. The minimum Gasteiger partial charge on any atom is -0.487 e. The number of methoxy groups -OCH3 is 2. The first-order chi connectivity index (χ1) is 14.0. The molecule has 0 radical (unpaired) electrons. The Labute approximate surface area is 168 Å². The van der Waals surface area contributed by atoms with Gasteiger partial charge < -0.3 is 23.8 Å². The van der Waals surface area contributed by atoms with E-state index in [0.29, 0.717) is 18.0 Å². The summed E-state index contributed by atoms with van der Waals surface area (Å²) in [5.74, 6) is -0.794. The van der Waals surface area contributed by atoms with Crippen molar-refractivity contribution in [3.05, 3.63) is 53.0 Å². The zero-order chi connectivity index (χ0) is 21.0. The molecular formula is C20H23N3O6. The second-order valence-electron chi connectivity index (χ2n) is 6.39. The van der Waals surface area contributed by atoms with Crippen molar-refractivity contribution in [3.63, 3.8) is 0 Å². The number of rotatable bonds is 6. The fourth-order valence-corrected chi connectivity index (χ4v) is 3.08. The number of esters is 2. The van der Waals surface area contributed by atoms with Gasteiger partial charge >= 0.3 is 11.9 Å². The van der Waals surface area contributed by atoms with E-state index >= 15 is 0 Å². The molecule has 1 aliphatic rings. The van der Waals surface area contributed by atoms with Gasteiger partial charge in [-0.25, -0.2) is 9.59 Å². The zero-order valence-electron chi connectivity index (χ0n) is 16.8. The van der Waals surface area contributed by atoms with Gasteiger partial charge in [-0.15, -0.1) is 0 Å². The van der Waals surface area contributed by atoms with Crippen LogP contribution in [0.3, 0.4) is 0 Å². The third-order valence-corrected chi connectivity index (χ3v) is 4.49. The van der Waals surface area contributed by atoms with Gasteiger partial charge in [0, 0.05) is 18.8 Å². The first-order valence-corrected chi connectivity index (χ1v) is 8.92. The van der Waals surface area contributed by atoms with E-state index < -0.39 is 11.9 Å². The maximum absolute atomic E-state index is 12.5. The lowest BCUT2D eigenvalue weighted by atomic mass is 10.1. The Morgan fingerprint density at radius 3 is 2.55 bits per heavy atom. The van der Waals surface area contributed by atoms with E-state index in [1.165, 1.54) is 14.2 Å². The van der Waals surface area contributed by atoms with E-state index in [1.807, 2.05) is 26.2 Å². The van der Waals surface area contributed by atoms with Crippen LogP contribution in [0, 0.1) is 6.92 Å². The molecule has 0 saturated heterocycles. The maximum atomic E-state index is 12.5. The summed E-state index contributed by atoms with van der Waals surface area (Å²) in [6.07, 6.45) is 1.89. The molecule has 0 fully saturated rings. The number of nitrogens with zero attached hydrogens (tertiary/aromatic N) is 3. The third kappa shape index (κ3) is 4.24. The number of anilines is 1. The zero-order valence-corrected chi connectivity index (χ0v) is 16.8. The first kappa shape index (κ1) is 20.4. The van der Waals surface area contributed by atoms with Crippen molar-refractivity contribution < 1.29 is 28.5 Å². The summed E-state index contributed by atoms with van der Waals surface area (Å²) < 4.78 is 23.0. The largest absolute Gasteiger partial charge is 0.487 e. The van der Waals surface area contributed by atoms with Crippen molar-refractivity contribution in [2.24, 2.45) is 7.05 Å². The minimum atomic E-state index is -0.661. The van der Waals surface area contributed by atoms with Gasteiger partial charge in [-0.3, -0.25) is 4.68 Å². The maximum Gasteiger partial charge on any atom is 0.355 e. The van der Waals surface area contributed by atoms with E-state index in [4.69, 9.17) is 18.9 Å². The van der Waals surface area contributed by atoms with E-state index in [0.717, 1.165) is 11.3 Å². The van der Waals surface area contributed by atoms with Crippen molar-refractivity contribution in [2.75, 3.05) is 32.5 Å². The predicted molar refractivity (Wildman–Crippen MR) is 103 cm³/mol. The van der Waals surface area contributed by atoms with E-state index in [1.54, 1.807) is 27.8 Å². The van der Waals surface area contributed by atoms with Crippen LogP contribution < -0.4 is 9.64 Å². The van der Waals surface area contributed by atoms with Gasteiger partial charge in [0.2, 0.25) is 0 Å². The number of carbonyl (C=O) groups is 2. The molecule has 1 aliphatic heterocycles. The fourth-order valence-electron chi connectivity index (χ4n) is 3.08. The molecule has 3 rings (SSSR count). The molecule has 0 aliphatic carbocycles. The summed E-state index contributed by atoms with van der Waals surface area (Å²) in [4.78, 5) is 26.2. The molecule has 9 nitrogen and oxygen atoms in total. The average molecular weight is 401 g/mol. The van der Waals surface area contributed by atoms with Gasteiger partial charge in [0.25, 0.3) is 0 Å². The summed E-state index contributed by atoms with van der Waals surface area (Å²) in [6, 6.07) is 7.18. The summed E-state index contributed by atoms with van der Waals surface area (Å²) in [6.45, 7) is 2.21.